The Morgan fingerprint density at radius 2 is 1.88 bits per heavy atom. The van der Waals surface area contributed by atoms with Gasteiger partial charge in [0.2, 0.25) is 0 Å². The monoisotopic (exact) mass is 344 g/mol. The number of nitro groups is 1. The van der Waals surface area contributed by atoms with E-state index in [2.05, 4.69) is 5.32 Å². The van der Waals surface area contributed by atoms with E-state index in [4.69, 9.17) is 4.74 Å². The van der Waals surface area contributed by atoms with Crippen molar-refractivity contribution < 1.29 is 19.6 Å². The van der Waals surface area contributed by atoms with Gasteiger partial charge in [-0.25, -0.2) is 4.79 Å². The highest BCUT2D eigenvalue weighted by Crippen LogP contribution is 2.15. The van der Waals surface area contributed by atoms with Gasteiger partial charge in [-0.1, -0.05) is 42.5 Å². The first-order valence-corrected chi connectivity index (χ1v) is 7.84. The van der Waals surface area contributed by atoms with Crippen molar-refractivity contribution in [2.24, 2.45) is 0 Å². The van der Waals surface area contributed by atoms with Gasteiger partial charge in [0.15, 0.2) is 0 Å². The van der Waals surface area contributed by atoms with Gasteiger partial charge in [-0.3, -0.25) is 10.1 Å². The van der Waals surface area contributed by atoms with Gasteiger partial charge in [-0.15, -0.1) is 0 Å². The molecule has 2 atom stereocenters. The van der Waals surface area contributed by atoms with Crippen LogP contribution in [0.4, 0.5) is 10.5 Å². The van der Waals surface area contributed by atoms with Crippen molar-refractivity contribution in [3.63, 3.8) is 0 Å². The highest BCUT2D eigenvalue weighted by atomic mass is 16.6. The number of hydrogen-bond acceptors (Lipinski definition) is 5. The van der Waals surface area contributed by atoms with Crippen LogP contribution < -0.4 is 5.32 Å². The summed E-state index contributed by atoms with van der Waals surface area (Å²) < 4.78 is 5.14. The zero-order chi connectivity index (χ0) is 18.2. The standard InChI is InChI=1S/C18H20N2O5/c1-13(21)17(11-15-8-5-9-16(10-15)20(23)24)19-18(22)25-12-14-6-3-2-4-7-14/h2-10,13,17,21H,11-12H2,1H3,(H,19,22). The summed E-state index contributed by atoms with van der Waals surface area (Å²) >= 11 is 0. The lowest BCUT2D eigenvalue weighted by atomic mass is 10.0. The van der Waals surface area contributed by atoms with E-state index in [0.29, 0.717) is 5.56 Å². The van der Waals surface area contributed by atoms with Gasteiger partial charge in [0.1, 0.15) is 6.61 Å². The Kier molecular flexibility index (Phi) is 6.47. The number of benzene rings is 2. The quantitative estimate of drug-likeness (QED) is 0.594. The molecule has 0 bridgehead atoms. The first-order valence-electron chi connectivity index (χ1n) is 7.84. The van der Waals surface area contributed by atoms with Gasteiger partial charge in [-0.05, 0) is 24.5 Å². The largest absolute Gasteiger partial charge is 0.445 e. The van der Waals surface area contributed by atoms with Crippen LogP contribution in [0, 0.1) is 10.1 Å². The number of non-ortho nitro benzene ring substituents is 1. The molecule has 0 heterocycles. The van der Waals surface area contributed by atoms with E-state index < -0.39 is 23.2 Å². The number of alkyl carbamates (subject to hydrolysis) is 1. The number of ether oxygens (including phenoxy) is 1. The van der Waals surface area contributed by atoms with Crippen LogP contribution in [-0.4, -0.2) is 28.3 Å². The lowest BCUT2D eigenvalue weighted by Crippen LogP contribution is -2.43. The van der Waals surface area contributed by atoms with Crippen molar-refractivity contribution in [2.75, 3.05) is 0 Å². The van der Waals surface area contributed by atoms with Gasteiger partial charge in [0, 0.05) is 12.1 Å². The summed E-state index contributed by atoms with van der Waals surface area (Å²) in [6, 6.07) is 14.7. The first kappa shape index (κ1) is 18.4. The molecule has 0 saturated heterocycles. The fraction of sp³-hybridized carbons (Fsp3) is 0.278. The number of aliphatic hydroxyl groups is 1. The van der Waals surface area contributed by atoms with Crippen LogP contribution in [0.2, 0.25) is 0 Å². The molecule has 7 nitrogen and oxygen atoms in total. The summed E-state index contributed by atoms with van der Waals surface area (Å²) in [4.78, 5) is 22.3. The summed E-state index contributed by atoms with van der Waals surface area (Å²) in [7, 11) is 0. The fourth-order valence-corrected chi connectivity index (χ4v) is 2.31. The van der Waals surface area contributed by atoms with E-state index in [1.807, 2.05) is 30.3 Å². The molecule has 0 aliphatic heterocycles. The van der Waals surface area contributed by atoms with Crippen LogP contribution in [0.1, 0.15) is 18.1 Å². The fourth-order valence-electron chi connectivity index (χ4n) is 2.31. The smallest absolute Gasteiger partial charge is 0.407 e. The zero-order valence-electron chi connectivity index (χ0n) is 13.8. The SMILES string of the molecule is CC(O)C(Cc1cccc([N+](=O)[O-])c1)NC(=O)OCc1ccccc1. The van der Waals surface area contributed by atoms with Gasteiger partial charge in [-0.2, -0.15) is 0 Å². The maximum Gasteiger partial charge on any atom is 0.407 e. The molecular weight excluding hydrogens is 324 g/mol. The van der Waals surface area contributed by atoms with Gasteiger partial charge >= 0.3 is 6.09 Å². The highest BCUT2D eigenvalue weighted by molar-refractivity contribution is 5.67. The highest BCUT2D eigenvalue weighted by Gasteiger charge is 2.20. The number of amides is 1. The number of nitrogens with one attached hydrogen (secondary N) is 1. The van der Waals surface area contributed by atoms with Crippen molar-refractivity contribution in [3.05, 3.63) is 75.8 Å². The van der Waals surface area contributed by atoms with Crippen LogP contribution in [0.15, 0.2) is 54.6 Å². The van der Waals surface area contributed by atoms with Gasteiger partial charge in [0.25, 0.3) is 5.69 Å². The predicted octanol–water partition coefficient (Wildman–Crippen LogP) is 2.81. The molecule has 2 aromatic carbocycles. The third-order valence-corrected chi connectivity index (χ3v) is 3.68. The number of aliphatic hydroxyl groups excluding tert-OH is 1. The van der Waals surface area contributed by atoms with Gasteiger partial charge < -0.3 is 15.2 Å². The number of carbonyl (C=O) groups excluding carboxylic acids is 1. The number of rotatable bonds is 7. The third-order valence-electron chi connectivity index (χ3n) is 3.68. The summed E-state index contributed by atoms with van der Waals surface area (Å²) in [5.74, 6) is 0. The predicted molar refractivity (Wildman–Crippen MR) is 92.0 cm³/mol. The minimum atomic E-state index is -0.844. The third kappa shape index (κ3) is 5.89. The molecule has 132 valence electrons. The van der Waals surface area contributed by atoms with Crippen LogP contribution in [0.5, 0.6) is 0 Å². The van der Waals surface area contributed by atoms with Crippen molar-refractivity contribution in [1.29, 1.82) is 0 Å². The Bertz CT molecular complexity index is 718. The molecule has 2 aromatic rings. The molecule has 1 amide bonds. The maximum absolute atomic E-state index is 11.9. The average molecular weight is 344 g/mol. The van der Waals surface area contributed by atoms with E-state index in [0.717, 1.165) is 5.56 Å². The summed E-state index contributed by atoms with van der Waals surface area (Å²) in [6.45, 7) is 1.66. The number of hydrogen-bond donors (Lipinski definition) is 2. The van der Waals surface area contributed by atoms with Crippen molar-refractivity contribution in [1.82, 2.24) is 5.32 Å². The summed E-state index contributed by atoms with van der Waals surface area (Å²) in [5.41, 5.74) is 1.46. The first-order chi connectivity index (χ1) is 12.0. The van der Waals surface area contributed by atoms with E-state index in [9.17, 15) is 20.0 Å². The summed E-state index contributed by atoms with van der Waals surface area (Å²) in [5, 5.41) is 23.3. The molecule has 0 fully saturated rings. The average Bonchev–Trinajstić information content (AvgIpc) is 2.60. The van der Waals surface area contributed by atoms with E-state index in [1.54, 1.807) is 19.1 Å². The topological polar surface area (TPSA) is 102 Å². The molecule has 25 heavy (non-hydrogen) atoms. The lowest BCUT2D eigenvalue weighted by molar-refractivity contribution is -0.384. The maximum atomic E-state index is 11.9. The van der Waals surface area contributed by atoms with E-state index in [-0.39, 0.29) is 18.7 Å². The molecule has 0 aromatic heterocycles. The second-order valence-corrected chi connectivity index (χ2v) is 5.68. The van der Waals surface area contributed by atoms with Crippen LogP contribution >= 0.6 is 0 Å². The second kappa shape index (κ2) is 8.79. The molecule has 0 radical (unpaired) electrons. The van der Waals surface area contributed by atoms with Crippen molar-refractivity contribution in [2.45, 2.75) is 32.1 Å². The van der Waals surface area contributed by atoms with E-state index in [1.165, 1.54) is 12.1 Å². The Morgan fingerprint density at radius 3 is 2.52 bits per heavy atom. The Morgan fingerprint density at radius 1 is 1.20 bits per heavy atom. The molecule has 2 N–H and O–H groups in total. The van der Waals surface area contributed by atoms with Crippen LogP contribution in [0.3, 0.4) is 0 Å². The zero-order valence-corrected chi connectivity index (χ0v) is 13.8. The van der Waals surface area contributed by atoms with Gasteiger partial charge in [0.05, 0.1) is 17.1 Å². The van der Waals surface area contributed by atoms with Crippen LogP contribution in [-0.2, 0) is 17.8 Å². The summed E-state index contributed by atoms with van der Waals surface area (Å²) in [6.07, 6.45) is -1.25. The lowest BCUT2D eigenvalue weighted by Gasteiger charge is -2.21. The minimum Gasteiger partial charge on any atom is -0.445 e. The number of nitro benzene ring substituents is 1. The Balaban J connectivity index is 1.95. The minimum absolute atomic E-state index is 0.0338. The molecule has 0 aliphatic carbocycles. The second-order valence-electron chi connectivity index (χ2n) is 5.68. The molecular formula is C18H20N2O5. The van der Waals surface area contributed by atoms with Crippen molar-refractivity contribution >= 4 is 11.8 Å². The van der Waals surface area contributed by atoms with Crippen LogP contribution in [0.25, 0.3) is 0 Å². The normalized spacial score (nSPS) is 12.9. The number of carbonyl (C=O) groups is 1. The molecule has 0 aliphatic rings. The molecule has 2 rings (SSSR count). The molecule has 2 unspecified atom stereocenters. The molecule has 0 saturated carbocycles. The number of nitrogens with zero attached hydrogens (tertiary/aromatic N) is 1. The Labute approximate surface area is 145 Å². The van der Waals surface area contributed by atoms with E-state index >= 15 is 0 Å². The van der Waals surface area contributed by atoms with Crippen molar-refractivity contribution in [3.8, 4) is 0 Å². The molecule has 7 heteroatoms. The Hall–Kier alpha value is -2.93. The molecule has 0 spiro atoms.